The summed E-state index contributed by atoms with van der Waals surface area (Å²) in [6.07, 6.45) is 0. The summed E-state index contributed by atoms with van der Waals surface area (Å²) in [5.41, 5.74) is 12.1. The number of fused-ring (bicyclic) bond motifs is 10. The molecule has 0 amide bonds. The minimum atomic E-state index is 0.861. The normalized spacial score (nSPS) is 11.8. The summed E-state index contributed by atoms with van der Waals surface area (Å²) in [7, 11) is 0. The fourth-order valence-electron chi connectivity index (χ4n) is 10.1. The van der Waals surface area contributed by atoms with Gasteiger partial charge in [0.05, 0.1) is 0 Å². The molecule has 0 saturated heterocycles. The molecule has 0 bridgehead atoms. The first-order valence-corrected chi connectivity index (χ1v) is 22.0. The summed E-state index contributed by atoms with van der Waals surface area (Å²) in [5.74, 6) is 0. The Balaban J connectivity index is 0.927. The van der Waals surface area contributed by atoms with Crippen LogP contribution in [0, 0.1) is 0 Å². The largest absolute Gasteiger partial charge is 0.456 e. The molecule has 0 unspecified atom stereocenters. The van der Waals surface area contributed by atoms with Gasteiger partial charge in [0.25, 0.3) is 0 Å². The van der Waals surface area contributed by atoms with Gasteiger partial charge in [0, 0.05) is 33.9 Å². The number of hydrogen-bond acceptors (Lipinski definition) is 2. The van der Waals surface area contributed by atoms with Crippen molar-refractivity contribution in [2.75, 3.05) is 4.90 Å². The minimum absolute atomic E-state index is 0.861. The lowest BCUT2D eigenvalue weighted by Gasteiger charge is -2.26. The second-order valence-corrected chi connectivity index (χ2v) is 16.9. The van der Waals surface area contributed by atoms with Crippen LogP contribution in [0.4, 0.5) is 17.1 Å². The van der Waals surface area contributed by atoms with Gasteiger partial charge in [0.15, 0.2) is 0 Å². The predicted molar refractivity (Wildman–Crippen MR) is 272 cm³/mol. The molecule has 298 valence electrons. The van der Waals surface area contributed by atoms with Crippen molar-refractivity contribution in [1.29, 1.82) is 0 Å². The highest BCUT2D eigenvalue weighted by Crippen LogP contribution is 2.43. The molecule has 0 radical (unpaired) electrons. The van der Waals surface area contributed by atoms with E-state index in [0.29, 0.717) is 0 Å². The first-order chi connectivity index (χ1) is 31.7. The highest BCUT2D eigenvalue weighted by atomic mass is 16.3. The highest BCUT2D eigenvalue weighted by Gasteiger charge is 2.18. The molecule has 0 aliphatic carbocycles. The molecule has 0 N–H and O–H groups in total. The molecule has 13 rings (SSSR count). The fraction of sp³-hybridized carbons (Fsp3) is 0. The summed E-state index contributed by atoms with van der Waals surface area (Å²) in [5, 5.41) is 14.7. The zero-order valence-corrected chi connectivity index (χ0v) is 34.9. The van der Waals surface area contributed by atoms with Crippen LogP contribution in [0.5, 0.6) is 0 Å². The molecule has 1 heterocycles. The number of nitrogens with zero attached hydrogens (tertiary/aromatic N) is 1. The summed E-state index contributed by atoms with van der Waals surface area (Å²) >= 11 is 0. The highest BCUT2D eigenvalue weighted by molar-refractivity contribution is 6.15. The lowest BCUT2D eigenvalue weighted by molar-refractivity contribution is 0.669. The van der Waals surface area contributed by atoms with Crippen LogP contribution in [0.15, 0.2) is 241 Å². The van der Waals surface area contributed by atoms with E-state index < -0.39 is 0 Å². The van der Waals surface area contributed by atoms with Crippen LogP contribution < -0.4 is 4.90 Å². The second kappa shape index (κ2) is 14.6. The molecule has 0 saturated carbocycles. The van der Waals surface area contributed by atoms with Gasteiger partial charge in [-0.3, -0.25) is 0 Å². The number of furan rings is 1. The molecule has 64 heavy (non-hydrogen) atoms. The van der Waals surface area contributed by atoms with Gasteiger partial charge in [-0.25, -0.2) is 0 Å². The summed E-state index contributed by atoms with van der Waals surface area (Å²) in [6.45, 7) is 0. The van der Waals surface area contributed by atoms with Gasteiger partial charge in [-0.1, -0.05) is 170 Å². The van der Waals surface area contributed by atoms with E-state index in [1.165, 1.54) is 76.1 Å². The van der Waals surface area contributed by atoms with Crippen molar-refractivity contribution in [3.63, 3.8) is 0 Å². The van der Waals surface area contributed by atoms with Crippen LogP contribution in [0.2, 0.25) is 0 Å². The molecule has 12 aromatic carbocycles. The minimum Gasteiger partial charge on any atom is -0.456 e. The van der Waals surface area contributed by atoms with E-state index in [0.717, 1.165) is 50.1 Å². The molecule has 2 heteroatoms. The van der Waals surface area contributed by atoms with E-state index in [4.69, 9.17) is 4.42 Å². The molecule has 0 fully saturated rings. The Morgan fingerprint density at radius 3 is 1.33 bits per heavy atom. The monoisotopic (exact) mass is 813 g/mol. The standard InChI is InChI=1S/C62H39NO/c1-2-13-45-38-61-60(35-44(45)12-1)57-33-32-50(39-62(57)64-61)63(48-30-28-42(29-31-48)59-37-47-15-4-6-19-52(47)54-21-8-10-23-56(54)59)49-17-11-16-43(34-49)40-24-26-41(27-25-40)58-36-46-14-3-5-18-51(46)53-20-7-9-22-55(53)58/h1-39H. The van der Waals surface area contributed by atoms with E-state index in [-0.39, 0.29) is 0 Å². The van der Waals surface area contributed by atoms with Crippen LogP contribution in [-0.4, -0.2) is 0 Å². The van der Waals surface area contributed by atoms with Crippen molar-refractivity contribution in [2.24, 2.45) is 0 Å². The third kappa shape index (κ3) is 5.95. The van der Waals surface area contributed by atoms with E-state index in [1.54, 1.807) is 0 Å². The van der Waals surface area contributed by atoms with Crippen LogP contribution >= 0.6 is 0 Å². The third-order valence-electron chi connectivity index (χ3n) is 13.2. The SMILES string of the molecule is c1cc(-c2ccc(-c3cc4ccccc4c4ccccc34)cc2)cc(N(c2ccc(-c3cc4ccccc4c4ccccc34)cc2)c2ccc3c(c2)oc2cc4ccccc4cc23)c1. The maximum atomic E-state index is 6.64. The van der Waals surface area contributed by atoms with Gasteiger partial charge in [0.2, 0.25) is 0 Å². The Morgan fingerprint density at radius 2 is 0.703 bits per heavy atom. The van der Waals surface area contributed by atoms with Crippen LogP contribution in [0.3, 0.4) is 0 Å². The van der Waals surface area contributed by atoms with Gasteiger partial charge >= 0.3 is 0 Å². The predicted octanol–water partition coefficient (Wildman–Crippen LogP) is 17.8. The van der Waals surface area contributed by atoms with Crippen molar-refractivity contribution < 1.29 is 4.42 Å². The lowest BCUT2D eigenvalue weighted by Crippen LogP contribution is -2.10. The number of rotatable bonds is 6. The Morgan fingerprint density at radius 1 is 0.234 bits per heavy atom. The van der Waals surface area contributed by atoms with Gasteiger partial charge < -0.3 is 9.32 Å². The molecular formula is C62H39NO. The van der Waals surface area contributed by atoms with Crippen molar-refractivity contribution in [3.05, 3.63) is 237 Å². The van der Waals surface area contributed by atoms with Crippen LogP contribution in [0.25, 0.3) is 109 Å². The number of anilines is 3. The van der Waals surface area contributed by atoms with Gasteiger partial charge in [-0.2, -0.15) is 0 Å². The van der Waals surface area contributed by atoms with Crippen molar-refractivity contribution in [3.8, 4) is 33.4 Å². The van der Waals surface area contributed by atoms with E-state index in [9.17, 15) is 0 Å². The maximum Gasteiger partial charge on any atom is 0.137 e. The quantitative estimate of drug-likeness (QED) is 0.156. The van der Waals surface area contributed by atoms with Crippen molar-refractivity contribution in [1.82, 2.24) is 0 Å². The molecule has 13 aromatic rings. The summed E-state index contributed by atoms with van der Waals surface area (Å²) in [6, 6.07) is 86.1. The molecule has 2 nitrogen and oxygen atoms in total. The number of benzene rings is 12. The van der Waals surface area contributed by atoms with Gasteiger partial charge in [0.1, 0.15) is 11.2 Å². The van der Waals surface area contributed by atoms with Crippen molar-refractivity contribution >= 4 is 92.9 Å². The average Bonchev–Trinajstić information content (AvgIpc) is 3.72. The third-order valence-corrected chi connectivity index (χ3v) is 13.2. The Hall–Kier alpha value is -8.46. The average molecular weight is 814 g/mol. The summed E-state index contributed by atoms with van der Waals surface area (Å²) < 4.78 is 6.64. The first kappa shape index (κ1) is 36.2. The van der Waals surface area contributed by atoms with Crippen molar-refractivity contribution in [2.45, 2.75) is 0 Å². The first-order valence-electron chi connectivity index (χ1n) is 22.0. The topological polar surface area (TPSA) is 16.4 Å². The van der Waals surface area contributed by atoms with E-state index in [1.807, 2.05) is 0 Å². The lowest BCUT2D eigenvalue weighted by atomic mass is 9.92. The zero-order valence-electron chi connectivity index (χ0n) is 34.9. The number of hydrogen-bond donors (Lipinski definition) is 0. The Kier molecular flexibility index (Phi) is 8.25. The second-order valence-electron chi connectivity index (χ2n) is 16.9. The Labute approximate surface area is 370 Å². The van der Waals surface area contributed by atoms with Gasteiger partial charge in [-0.15, -0.1) is 0 Å². The zero-order chi connectivity index (χ0) is 42.1. The molecule has 0 atom stereocenters. The van der Waals surface area contributed by atoms with E-state index in [2.05, 4.69) is 241 Å². The molecule has 0 spiro atoms. The van der Waals surface area contributed by atoms with E-state index >= 15 is 0 Å². The molecular weight excluding hydrogens is 775 g/mol. The van der Waals surface area contributed by atoms with Crippen LogP contribution in [-0.2, 0) is 0 Å². The fourth-order valence-corrected chi connectivity index (χ4v) is 10.1. The Bertz CT molecular complexity index is 3950. The molecule has 1 aromatic heterocycles. The summed E-state index contributed by atoms with van der Waals surface area (Å²) in [4.78, 5) is 2.35. The maximum absolute atomic E-state index is 6.64. The molecule has 0 aliphatic heterocycles. The molecule has 0 aliphatic rings. The van der Waals surface area contributed by atoms with Crippen LogP contribution in [0.1, 0.15) is 0 Å². The van der Waals surface area contributed by atoms with Gasteiger partial charge in [-0.05, 0) is 148 Å². The smallest absolute Gasteiger partial charge is 0.137 e.